The lowest BCUT2D eigenvalue weighted by molar-refractivity contribution is 0.475. The predicted molar refractivity (Wildman–Crippen MR) is 101 cm³/mol. The molecule has 0 unspecified atom stereocenters. The maximum atomic E-state index is 9.57. The van der Waals surface area contributed by atoms with Crippen molar-refractivity contribution in [2.75, 3.05) is 4.90 Å². The summed E-state index contributed by atoms with van der Waals surface area (Å²) in [4.78, 5) is 7.62. The Bertz CT molecular complexity index is 864. The number of phenols is 1. The normalized spacial score (nSPS) is 17.3. The van der Waals surface area contributed by atoms with Gasteiger partial charge < -0.3 is 5.11 Å². The van der Waals surface area contributed by atoms with E-state index in [2.05, 4.69) is 6.92 Å². The number of aryl methyl sites for hydroxylation is 1. The van der Waals surface area contributed by atoms with Gasteiger partial charge in [-0.05, 0) is 57.5 Å². The fourth-order valence-electron chi connectivity index (χ4n) is 2.83. The maximum Gasteiger partial charge on any atom is 0.132 e. The maximum absolute atomic E-state index is 9.57. The van der Waals surface area contributed by atoms with E-state index in [1.54, 1.807) is 35.3 Å². The third kappa shape index (κ3) is 2.53. The minimum atomic E-state index is -0.353. The zero-order valence-corrected chi connectivity index (χ0v) is 15.0. The third-order valence-electron chi connectivity index (χ3n) is 4.24. The van der Waals surface area contributed by atoms with Crippen LogP contribution in [0.5, 0.6) is 5.75 Å². The van der Waals surface area contributed by atoms with Crippen LogP contribution >= 0.6 is 11.3 Å². The molecule has 2 aromatic rings. The van der Waals surface area contributed by atoms with Crippen LogP contribution in [0.3, 0.4) is 0 Å². The molecule has 0 aliphatic carbocycles. The minimum absolute atomic E-state index is 0.212. The zero-order valence-electron chi connectivity index (χ0n) is 14.1. The summed E-state index contributed by atoms with van der Waals surface area (Å²) in [6.07, 6.45) is 0. The number of aromatic hydroxyl groups is 1. The Morgan fingerprint density at radius 1 is 1.25 bits per heavy atom. The molecule has 0 spiro atoms. The van der Waals surface area contributed by atoms with Crippen LogP contribution in [0.25, 0.3) is 0 Å². The Morgan fingerprint density at radius 3 is 2.46 bits per heavy atom. The fourth-order valence-corrected chi connectivity index (χ4v) is 4.06. The molecule has 1 aliphatic heterocycles. The predicted octanol–water partition coefficient (Wildman–Crippen LogP) is 4.09. The molecule has 3 rings (SSSR count). The van der Waals surface area contributed by atoms with Gasteiger partial charge in [0.25, 0.3) is 0 Å². The second-order valence-electron chi connectivity index (χ2n) is 5.97. The third-order valence-corrected chi connectivity index (χ3v) is 5.43. The van der Waals surface area contributed by atoms with Crippen LogP contribution in [0.1, 0.15) is 35.4 Å². The highest BCUT2D eigenvalue weighted by molar-refractivity contribution is 7.17. The van der Waals surface area contributed by atoms with Crippen LogP contribution in [0.15, 0.2) is 29.3 Å². The molecule has 0 bridgehead atoms. The lowest BCUT2D eigenvalue weighted by Gasteiger charge is -2.23. The molecule has 0 saturated carbocycles. The molecule has 1 atom stereocenters. The number of hydrogen-bond acceptors (Lipinski definition) is 5. The van der Waals surface area contributed by atoms with Crippen LogP contribution in [0, 0.1) is 24.7 Å². The summed E-state index contributed by atoms with van der Waals surface area (Å²) in [5, 5.41) is 27.0. The molecule has 0 fully saturated rings. The molecule has 6 heteroatoms. The number of fused-ring (bicyclic) bond motifs is 1. The number of thiophene rings is 1. The topological polar surface area (TPSA) is 83.5 Å². The monoisotopic (exact) mass is 340 g/mol. The molecule has 1 aromatic carbocycles. The summed E-state index contributed by atoms with van der Waals surface area (Å²) in [6.45, 7) is 7.67. The largest absolute Gasteiger partial charge is 0.508 e. The molecular formula is C18H20N4OS. The van der Waals surface area contributed by atoms with Gasteiger partial charge in [-0.25, -0.2) is 0 Å². The van der Waals surface area contributed by atoms with Gasteiger partial charge in [-0.1, -0.05) is 0 Å². The van der Waals surface area contributed by atoms with Crippen LogP contribution in [-0.2, 0) is 0 Å². The smallest absolute Gasteiger partial charge is 0.132 e. The summed E-state index contributed by atoms with van der Waals surface area (Å²) >= 11 is 1.59. The fraction of sp³-hybridized carbons (Fsp3) is 0.278. The minimum Gasteiger partial charge on any atom is -0.508 e. The number of rotatable bonds is 1. The van der Waals surface area contributed by atoms with E-state index in [0.717, 1.165) is 32.3 Å². The molecule has 3 N–H and O–H groups in total. The lowest BCUT2D eigenvalue weighted by Crippen LogP contribution is -2.38. The molecule has 0 saturated heterocycles. The van der Waals surface area contributed by atoms with Gasteiger partial charge in [0.05, 0.1) is 5.71 Å². The Labute approximate surface area is 145 Å². The van der Waals surface area contributed by atoms with Crippen molar-refractivity contribution in [2.24, 2.45) is 4.99 Å². The average molecular weight is 340 g/mol. The summed E-state index contributed by atoms with van der Waals surface area (Å²) in [5.41, 5.74) is 3.81. The van der Waals surface area contributed by atoms with Crippen LogP contribution in [-0.4, -0.2) is 28.5 Å². The highest BCUT2D eigenvalue weighted by atomic mass is 32.1. The van der Waals surface area contributed by atoms with Gasteiger partial charge in [0.1, 0.15) is 28.5 Å². The van der Waals surface area contributed by atoms with Gasteiger partial charge in [0.15, 0.2) is 0 Å². The first-order valence-corrected chi connectivity index (χ1v) is 8.54. The van der Waals surface area contributed by atoms with E-state index in [0.29, 0.717) is 11.7 Å². The van der Waals surface area contributed by atoms with Gasteiger partial charge >= 0.3 is 0 Å². The SMILES string of the molecule is CC(=N)N1C(=N)[C@H](C)N=C(c2ccc(O)cc2)c2c1sc(C)c2C. The van der Waals surface area contributed by atoms with Crippen molar-refractivity contribution in [1.82, 2.24) is 0 Å². The van der Waals surface area contributed by atoms with E-state index in [9.17, 15) is 5.11 Å². The van der Waals surface area contributed by atoms with Crippen molar-refractivity contribution in [2.45, 2.75) is 33.7 Å². The van der Waals surface area contributed by atoms with Crippen molar-refractivity contribution in [3.63, 3.8) is 0 Å². The highest BCUT2D eigenvalue weighted by Gasteiger charge is 2.31. The first-order valence-electron chi connectivity index (χ1n) is 7.72. The number of phenolic OH excluding ortho intramolecular Hbond substituents is 1. The Balaban J connectivity index is 2.31. The molecule has 2 heterocycles. The highest BCUT2D eigenvalue weighted by Crippen LogP contribution is 2.39. The number of nitrogens with one attached hydrogen (secondary N) is 2. The first-order chi connectivity index (χ1) is 11.3. The van der Waals surface area contributed by atoms with E-state index in [1.807, 2.05) is 26.0 Å². The van der Waals surface area contributed by atoms with Crippen LogP contribution < -0.4 is 4.90 Å². The van der Waals surface area contributed by atoms with Gasteiger partial charge in [0.2, 0.25) is 0 Å². The van der Waals surface area contributed by atoms with E-state index in [4.69, 9.17) is 15.8 Å². The van der Waals surface area contributed by atoms with Crippen molar-refractivity contribution in [1.29, 1.82) is 10.8 Å². The molecule has 0 radical (unpaired) electrons. The van der Waals surface area contributed by atoms with E-state index >= 15 is 0 Å². The van der Waals surface area contributed by atoms with E-state index in [1.165, 1.54) is 0 Å². The van der Waals surface area contributed by atoms with Crippen LogP contribution in [0.2, 0.25) is 0 Å². The second kappa shape index (κ2) is 5.87. The summed E-state index contributed by atoms with van der Waals surface area (Å²) < 4.78 is 0. The Kier molecular flexibility index (Phi) is 4.01. The van der Waals surface area contributed by atoms with E-state index < -0.39 is 0 Å². The molecular weight excluding hydrogens is 320 g/mol. The number of benzene rings is 1. The quantitative estimate of drug-likeness (QED) is 0.539. The standard InChI is InChI=1S/C18H20N4OS/c1-9-11(3)24-18-15(9)16(13-5-7-14(23)8-6-13)21-10(2)17(20)22(18)12(4)19/h5-8,10,19-20,23H,1-4H3/t10-/m0/s1. The van der Waals surface area contributed by atoms with Gasteiger partial charge in [0, 0.05) is 16.0 Å². The van der Waals surface area contributed by atoms with Crippen molar-refractivity contribution >= 4 is 33.7 Å². The molecule has 1 aromatic heterocycles. The summed E-state index contributed by atoms with van der Waals surface area (Å²) in [7, 11) is 0. The van der Waals surface area contributed by atoms with Gasteiger partial charge in [-0.3, -0.25) is 20.7 Å². The van der Waals surface area contributed by atoms with Gasteiger partial charge in [-0.15, -0.1) is 11.3 Å². The van der Waals surface area contributed by atoms with Crippen molar-refractivity contribution in [3.05, 3.63) is 45.8 Å². The van der Waals surface area contributed by atoms with Crippen LogP contribution in [0.4, 0.5) is 5.00 Å². The summed E-state index contributed by atoms with van der Waals surface area (Å²) in [5.74, 6) is 0.833. The summed E-state index contributed by atoms with van der Waals surface area (Å²) in [6, 6.07) is 6.62. The number of hydrogen-bond donors (Lipinski definition) is 3. The first kappa shape index (κ1) is 16.4. The average Bonchev–Trinajstić information content (AvgIpc) is 2.74. The Morgan fingerprint density at radius 2 is 1.88 bits per heavy atom. The molecule has 5 nitrogen and oxygen atoms in total. The lowest BCUT2D eigenvalue weighted by atomic mass is 9.99. The zero-order chi connectivity index (χ0) is 17.6. The molecule has 0 amide bonds. The number of nitrogens with zero attached hydrogens (tertiary/aromatic N) is 2. The van der Waals surface area contributed by atoms with E-state index in [-0.39, 0.29) is 11.8 Å². The number of anilines is 1. The molecule has 1 aliphatic rings. The number of aliphatic imine (C=N–C) groups is 1. The molecule has 24 heavy (non-hydrogen) atoms. The van der Waals surface area contributed by atoms with Gasteiger partial charge in [-0.2, -0.15) is 0 Å². The second-order valence-corrected chi connectivity index (χ2v) is 7.17. The van der Waals surface area contributed by atoms with Crippen molar-refractivity contribution in [3.8, 4) is 5.75 Å². The molecule has 124 valence electrons. The Hall–Kier alpha value is -2.47. The van der Waals surface area contributed by atoms with Crippen molar-refractivity contribution < 1.29 is 5.11 Å². The number of amidine groups is 2.